The van der Waals surface area contributed by atoms with Gasteiger partial charge in [0.1, 0.15) is 0 Å². The zero-order chi connectivity index (χ0) is 10.8. The van der Waals surface area contributed by atoms with E-state index in [1.807, 2.05) is 12.1 Å². The number of benzene rings is 1. The van der Waals surface area contributed by atoms with Crippen LogP contribution in [0.1, 0.15) is 13.8 Å². The first-order chi connectivity index (χ1) is 6.41. The van der Waals surface area contributed by atoms with Gasteiger partial charge in [0.25, 0.3) is 5.91 Å². The summed E-state index contributed by atoms with van der Waals surface area (Å²) in [6.07, 6.45) is 0. The van der Waals surface area contributed by atoms with Gasteiger partial charge >= 0.3 is 0 Å². The lowest BCUT2D eigenvalue weighted by atomic mass is 10.1. The van der Waals surface area contributed by atoms with E-state index in [0.717, 1.165) is 3.57 Å². The molecule has 0 aromatic heterocycles. The van der Waals surface area contributed by atoms with E-state index in [2.05, 4.69) is 27.9 Å². The summed E-state index contributed by atoms with van der Waals surface area (Å²) < 4.78 is 14.1. The van der Waals surface area contributed by atoms with E-state index in [9.17, 15) is 9.18 Å². The molecule has 0 unspecified atom stereocenters. The van der Waals surface area contributed by atoms with Gasteiger partial charge in [-0.3, -0.25) is 4.79 Å². The van der Waals surface area contributed by atoms with Gasteiger partial charge in [-0.1, -0.05) is 12.1 Å². The van der Waals surface area contributed by atoms with Gasteiger partial charge in [0.15, 0.2) is 5.67 Å². The molecular formula is C10H11FINO. The molecule has 1 rings (SSSR count). The Kier molecular flexibility index (Phi) is 3.47. The summed E-state index contributed by atoms with van der Waals surface area (Å²) >= 11 is 2.08. The summed E-state index contributed by atoms with van der Waals surface area (Å²) in [7, 11) is 0. The highest BCUT2D eigenvalue weighted by molar-refractivity contribution is 14.1. The van der Waals surface area contributed by atoms with Crippen molar-refractivity contribution < 1.29 is 9.18 Å². The van der Waals surface area contributed by atoms with Crippen LogP contribution in [-0.4, -0.2) is 11.6 Å². The predicted octanol–water partition coefficient (Wildman–Crippen LogP) is 2.98. The number of hydrogen-bond donors (Lipinski definition) is 1. The molecule has 1 amide bonds. The zero-order valence-electron chi connectivity index (χ0n) is 7.97. The maximum Gasteiger partial charge on any atom is 0.261 e. The Morgan fingerprint density at radius 1 is 1.43 bits per heavy atom. The van der Waals surface area contributed by atoms with Crippen molar-refractivity contribution in [3.8, 4) is 0 Å². The Morgan fingerprint density at radius 2 is 2.00 bits per heavy atom. The number of anilines is 1. The van der Waals surface area contributed by atoms with Gasteiger partial charge in [0.2, 0.25) is 0 Å². The second kappa shape index (κ2) is 4.25. The minimum Gasteiger partial charge on any atom is -0.322 e. The van der Waals surface area contributed by atoms with E-state index < -0.39 is 11.6 Å². The number of halogens is 2. The summed E-state index contributed by atoms with van der Waals surface area (Å²) in [5.74, 6) is -0.624. The van der Waals surface area contributed by atoms with E-state index in [1.165, 1.54) is 13.8 Å². The van der Waals surface area contributed by atoms with Gasteiger partial charge in [0, 0.05) is 3.57 Å². The highest BCUT2D eigenvalue weighted by atomic mass is 127. The molecule has 0 spiro atoms. The van der Waals surface area contributed by atoms with Crippen molar-refractivity contribution in [3.05, 3.63) is 27.8 Å². The molecule has 0 saturated carbocycles. The van der Waals surface area contributed by atoms with Crippen LogP contribution in [0.5, 0.6) is 0 Å². The molecular weight excluding hydrogens is 296 g/mol. The van der Waals surface area contributed by atoms with Crippen LogP contribution in [0.25, 0.3) is 0 Å². The first-order valence-electron chi connectivity index (χ1n) is 4.16. The second-order valence-electron chi connectivity index (χ2n) is 3.41. The molecule has 0 aliphatic heterocycles. The molecule has 0 fully saturated rings. The summed E-state index contributed by atoms with van der Waals surface area (Å²) in [5, 5.41) is 2.53. The van der Waals surface area contributed by atoms with E-state index in [-0.39, 0.29) is 0 Å². The quantitative estimate of drug-likeness (QED) is 0.836. The number of alkyl halides is 1. The van der Waals surface area contributed by atoms with E-state index in [4.69, 9.17) is 0 Å². The van der Waals surface area contributed by atoms with Gasteiger partial charge in [-0.05, 0) is 48.6 Å². The third-order valence-electron chi connectivity index (χ3n) is 1.66. The monoisotopic (exact) mass is 307 g/mol. The van der Waals surface area contributed by atoms with Crippen molar-refractivity contribution in [2.45, 2.75) is 19.5 Å². The third kappa shape index (κ3) is 2.94. The van der Waals surface area contributed by atoms with Crippen molar-refractivity contribution in [1.82, 2.24) is 0 Å². The van der Waals surface area contributed by atoms with Crippen molar-refractivity contribution in [2.75, 3.05) is 5.32 Å². The Morgan fingerprint density at radius 3 is 2.50 bits per heavy atom. The number of amides is 1. The molecule has 14 heavy (non-hydrogen) atoms. The Balaban J connectivity index is 2.80. The Bertz CT molecular complexity index is 346. The van der Waals surface area contributed by atoms with E-state index in [1.54, 1.807) is 12.1 Å². The number of rotatable bonds is 2. The lowest BCUT2D eigenvalue weighted by Crippen LogP contribution is -2.32. The first-order valence-corrected chi connectivity index (χ1v) is 5.24. The van der Waals surface area contributed by atoms with Gasteiger partial charge < -0.3 is 5.32 Å². The molecule has 76 valence electrons. The van der Waals surface area contributed by atoms with Gasteiger partial charge in [-0.2, -0.15) is 0 Å². The van der Waals surface area contributed by atoms with E-state index in [0.29, 0.717) is 5.69 Å². The number of para-hydroxylation sites is 1. The zero-order valence-corrected chi connectivity index (χ0v) is 10.1. The van der Waals surface area contributed by atoms with Crippen molar-refractivity contribution >= 4 is 34.2 Å². The molecule has 0 saturated heterocycles. The highest BCUT2D eigenvalue weighted by Gasteiger charge is 2.26. The molecule has 1 aromatic carbocycles. The summed E-state index contributed by atoms with van der Waals surface area (Å²) in [5.41, 5.74) is -1.21. The molecule has 2 nitrogen and oxygen atoms in total. The summed E-state index contributed by atoms with van der Waals surface area (Å²) in [6, 6.07) is 7.24. The van der Waals surface area contributed by atoms with Crippen LogP contribution >= 0.6 is 22.6 Å². The average Bonchev–Trinajstić information content (AvgIpc) is 2.07. The number of carbonyl (C=O) groups excluding carboxylic acids is 1. The normalized spacial score (nSPS) is 11.1. The lowest BCUT2D eigenvalue weighted by Gasteiger charge is -2.14. The largest absolute Gasteiger partial charge is 0.322 e. The topological polar surface area (TPSA) is 29.1 Å². The molecule has 0 aliphatic carbocycles. The maximum atomic E-state index is 13.2. The van der Waals surface area contributed by atoms with Crippen LogP contribution in [0.4, 0.5) is 10.1 Å². The molecule has 0 atom stereocenters. The average molecular weight is 307 g/mol. The third-order valence-corrected chi connectivity index (χ3v) is 2.60. The van der Waals surface area contributed by atoms with Crippen LogP contribution in [0.15, 0.2) is 24.3 Å². The Labute approximate surface area is 96.0 Å². The number of carbonyl (C=O) groups is 1. The summed E-state index contributed by atoms with van der Waals surface area (Å²) in [4.78, 5) is 11.3. The number of nitrogens with one attached hydrogen (secondary N) is 1. The lowest BCUT2D eigenvalue weighted by molar-refractivity contribution is -0.125. The molecule has 1 N–H and O–H groups in total. The van der Waals surface area contributed by atoms with Crippen LogP contribution in [0.3, 0.4) is 0 Å². The van der Waals surface area contributed by atoms with E-state index >= 15 is 0 Å². The SMILES string of the molecule is CC(C)(F)C(=O)Nc1ccccc1I. The fraction of sp³-hybridized carbons (Fsp3) is 0.300. The van der Waals surface area contributed by atoms with Crippen molar-refractivity contribution in [1.29, 1.82) is 0 Å². The molecule has 0 bridgehead atoms. The summed E-state index contributed by atoms with van der Waals surface area (Å²) in [6.45, 7) is 2.47. The van der Waals surface area contributed by atoms with Crippen LogP contribution < -0.4 is 5.32 Å². The molecule has 1 aromatic rings. The Hall–Kier alpha value is -0.650. The van der Waals surface area contributed by atoms with Crippen LogP contribution in [0, 0.1) is 3.57 Å². The number of hydrogen-bond acceptors (Lipinski definition) is 1. The minimum atomic E-state index is -1.85. The van der Waals surface area contributed by atoms with Crippen molar-refractivity contribution in [3.63, 3.8) is 0 Å². The molecule has 0 heterocycles. The molecule has 4 heteroatoms. The van der Waals surface area contributed by atoms with Gasteiger partial charge in [-0.15, -0.1) is 0 Å². The standard InChI is InChI=1S/C10H11FINO/c1-10(2,11)9(14)13-8-6-4-3-5-7(8)12/h3-6H,1-2H3,(H,13,14). The second-order valence-corrected chi connectivity index (χ2v) is 4.57. The smallest absolute Gasteiger partial charge is 0.261 e. The predicted molar refractivity (Wildman–Crippen MR) is 63.0 cm³/mol. The van der Waals surface area contributed by atoms with Gasteiger partial charge in [-0.25, -0.2) is 4.39 Å². The fourth-order valence-electron chi connectivity index (χ4n) is 0.834. The van der Waals surface area contributed by atoms with Crippen molar-refractivity contribution in [2.24, 2.45) is 0 Å². The fourth-order valence-corrected chi connectivity index (χ4v) is 1.36. The highest BCUT2D eigenvalue weighted by Crippen LogP contribution is 2.19. The van der Waals surface area contributed by atoms with Crippen LogP contribution in [0.2, 0.25) is 0 Å². The molecule has 0 radical (unpaired) electrons. The first kappa shape index (κ1) is 11.4. The molecule has 0 aliphatic rings. The van der Waals surface area contributed by atoms with Crippen LogP contribution in [-0.2, 0) is 4.79 Å². The minimum absolute atomic E-state index is 0.624. The van der Waals surface area contributed by atoms with Gasteiger partial charge in [0.05, 0.1) is 5.69 Å². The maximum absolute atomic E-state index is 13.2.